The summed E-state index contributed by atoms with van der Waals surface area (Å²) in [7, 11) is 0. The summed E-state index contributed by atoms with van der Waals surface area (Å²) in [4.78, 5) is 10.5. The normalized spacial score (nSPS) is 18.8. The number of hydrogen-bond donors (Lipinski definition) is 0. The number of esters is 1. The second kappa shape index (κ2) is 7.09. The van der Waals surface area contributed by atoms with E-state index in [1.165, 1.54) is 32.4 Å². The Morgan fingerprint density at radius 1 is 1.19 bits per heavy atom. The highest BCUT2D eigenvalue weighted by molar-refractivity contribution is 5.66. The maximum Gasteiger partial charge on any atom is 0.307 e. The minimum atomic E-state index is -0.308. The fraction of sp³-hybridized carbons (Fsp3) is 0.615. The summed E-state index contributed by atoms with van der Waals surface area (Å²) in [5, 5.41) is 0. The van der Waals surface area contributed by atoms with Crippen LogP contribution in [0.25, 0.3) is 0 Å². The van der Waals surface area contributed by atoms with Crippen LogP contribution in [0.1, 0.15) is 46.0 Å². The molecule has 1 aliphatic carbocycles. The van der Waals surface area contributed by atoms with Gasteiger partial charge in [0.1, 0.15) is 0 Å². The molecular weight excluding hydrogens is 204 g/mol. The Labute approximate surface area is 97.1 Å². The smallest absolute Gasteiger partial charge is 0.307 e. The summed E-state index contributed by atoms with van der Waals surface area (Å²) in [6.07, 6.45) is 11.4. The molecule has 90 valence electrons. The summed E-state index contributed by atoms with van der Waals surface area (Å²) in [6.45, 7) is 3.30. The Morgan fingerprint density at radius 3 is 2.50 bits per heavy atom. The van der Waals surface area contributed by atoms with Gasteiger partial charge in [-0.05, 0) is 44.3 Å². The molecule has 1 saturated carbocycles. The first-order chi connectivity index (χ1) is 7.68. The van der Waals surface area contributed by atoms with Gasteiger partial charge in [0.05, 0.1) is 18.6 Å². The third kappa shape index (κ3) is 5.59. The van der Waals surface area contributed by atoms with E-state index in [0.717, 1.165) is 18.4 Å². The van der Waals surface area contributed by atoms with Crippen LogP contribution in [0.5, 0.6) is 0 Å². The van der Waals surface area contributed by atoms with Crippen molar-refractivity contribution in [1.82, 2.24) is 0 Å². The second-order valence-electron chi connectivity index (χ2n) is 4.17. The molecule has 0 aromatic rings. The molecule has 0 aromatic heterocycles. The number of allylic oxidation sites excluding steroid dienone is 2. The summed E-state index contributed by atoms with van der Waals surface area (Å²) in [5.41, 5.74) is 0.951. The Kier molecular flexibility index (Phi) is 5.68. The molecular formula is C13H20O3. The number of hydrogen-bond acceptors (Lipinski definition) is 3. The van der Waals surface area contributed by atoms with Gasteiger partial charge in [0.2, 0.25) is 0 Å². The van der Waals surface area contributed by atoms with E-state index in [0.29, 0.717) is 6.10 Å². The zero-order chi connectivity index (χ0) is 11.8. The predicted octanol–water partition coefficient (Wildman–Crippen LogP) is 3.32. The highest BCUT2D eigenvalue weighted by atomic mass is 16.5. The van der Waals surface area contributed by atoms with Crippen LogP contribution in [0.3, 0.4) is 0 Å². The van der Waals surface area contributed by atoms with Crippen molar-refractivity contribution in [3.8, 4) is 0 Å². The Bertz CT molecular complexity index is 273. The average Bonchev–Trinajstić information content (AvgIpc) is 2.27. The van der Waals surface area contributed by atoms with Crippen molar-refractivity contribution < 1.29 is 14.3 Å². The first kappa shape index (κ1) is 12.8. The Balaban J connectivity index is 2.26. The molecule has 16 heavy (non-hydrogen) atoms. The first-order valence-electron chi connectivity index (χ1n) is 5.84. The molecule has 0 aromatic carbocycles. The fourth-order valence-corrected chi connectivity index (χ4v) is 1.68. The van der Waals surface area contributed by atoms with Gasteiger partial charge in [0, 0.05) is 6.92 Å². The van der Waals surface area contributed by atoms with E-state index >= 15 is 0 Å². The van der Waals surface area contributed by atoms with Crippen LogP contribution in [0.15, 0.2) is 24.2 Å². The maximum absolute atomic E-state index is 10.5. The quantitative estimate of drug-likeness (QED) is 0.417. The maximum atomic E-state index is 10.5. The molecule has 0 bridgehead atoms. The van der Waals surface area contributed by atoms with E-state index in [2.05, 4.69) is 4.74 Å². The highest BCUT2D eigenvalue weighted by Gasteiger charge is 2.12. The molecule has 0 amide bonds. The van der Waals surface area contributed by atoms with Gasteiger partial charge in [0.25, 0.3) is 0 Å². The third-order valence-electron chi connectivity index (χ3n) is 2.56. The lowest BCUT2D eigenvalue weighted by atomic mass is 9.98. The van der Waals surface area contributed by atoms with Crippen LogP contribution in [-0.2, 0) is 14.3 Å². The van der Waals surface area contributed by atoms with E-state index in [1.54, 1.807) is 12.3 Å². The predicted molar refractivity (Wildman–Crippen MR) is 62.6 cm³/mol. The van der Waals surface area contributed by atoms with Crippen LogP contribution >= 0.6 is 0 Å². The number of ether oxygens (including phenoxy) is 2. The molecule has 3 nitrogen and oxygen atoms in total. The van der Waals surface area contributed by atoms with Crippen molar-refractivity contribution in [3.63, 3.8) is 0 Å². The SMILES string of the molecule is CC(=O)OC=CC(C)=COC1CCCCC1. The van der Waals surface area contributed by atoms with Gasteiger partial charge in [-0.3, -0.25) is 4.79 Å². The average molecular weight is 224 g/mol. The largest absolute Gasteiger partial charge is 0.498 e. The van der Waals surface area contributed by atoms with Crippen LogP contribution in [0.4, 0.5) is 0 Å². The Hall–Kier alpha value is -1.25. The van der Waals surface area contributed by atoms with Crippen molar-refractivity contribution in [1.29, 1.82) is 0 Å². The molecule has 0 spiro atoms. The van der Waals surface area contributed by atoms with Crippen molar-refractivity contribution >= 4 is 5.97 Å². The first-order valence-corrected chi connectivity index (χ1v) is 5.84. The van der Waals surface area contributed by atoms with Crippen LogP contribution in [-0.4, -0.2) is 12.1 Å². The minimum absolute atomic E-state index is 0.308. The molecule has 3 heteroatoms. The van der Waals surface area contributed by atoms with Gasteiger partial charge >= 0.3 is 5.97 Å². The molecule has 1 fully saturated rings. The fourth-order valence-electron chi connectivity index (χ4n) is 1.68. The van der Waals surface area contributed by atoms with Gasteiger partial charge in [-0.15, -0.1) is 0 Å². The summed E-state index contributed by atoms with van der Waals surface area (Å²) >= 11 is 0. The van der Waals surface area contributed by atoms with E-state index in [9.17, 15) is 4.79 Å². The van der Waals surface area contributed by atoms with Crippen molar-refractivity contribution in [2.24, 2.45) is 0 Å². The lowest BCUT2D eigenvalue weighted by Crippen LogP contribution is -2.13. The van der Waals surface area contributed by atoms with Gasteiger partial charge in [0.15, 0.2) is 0 Å². The lowest BCUT2D eigenvalue weighted by Gasteiger charge is -2.21. The molecule has 0 aliphatic heterocycles. The van der Waals surface area contributed by atoms with Crippen molar-refractivity contribution in [2.75, 3.05) is 0 Å². The zero-order valence-corrected chi connectivity index (χ0v) is 10.1. The van der Waals surface area contributed by atoms with Crippen LogP contribution < -0.4 is 0 Å². The lowest BCUT2D eigenvalue weighted by molar-refractivity contribution is -0.135. The van der Waals surface area contributed by atoms with E-state index in [1.807, 2.05) is 6.92 Å². The zero-order valence-electron chi connectivity index (χ0n) is 10.1. The second-order valence-corrected chi connectivity index (χ2v) is 4.17. The van der Waals surface area contributed by atoms with Crippen molar-refractivity contribution in [3.05, 3.63) is 24.2 Å². The van der Waals surface area contributed by atoms with E-state index in [-0.39, 0.29) is 5.97 Å². The van der Waals surface area contributed by atoms with Crippen molar-refractivity contribution in [2.45, 2.75) is 52.1 Å². The molecule has 0 heterocycles. The Morgan fingerprint density at radius 2 is 1.88 bits per heavy atom. The number of carbonyl (C=O) groups is 1. The molecule has 0 unspecified atom stereocenters. The van der Waals surface area contributed by atoms with Gasteiger partial charge in [-0.25, -0.2) is 0 Å². The molecule has 0 radical (unpaired) electrons. The van der Waals surface area contributed by atoms with Crippen LogP contribution in [0.2, 0.25) is 0 Å². The summed E-state index contributed by atoms with van der Waals surface area (Å²) in [5.74, 6) is -0.308. The minimum Gasteiger partial charge on any atom is -0.498 e. The summed E-state index contributed by atoms with van der Waals surface area (Å²) in [6, 6.07) is 0. The van der Waals surface area contributed by atoms with Gasteiger partial charge in [-0.2, -0.15) is 0 Å². The molecule has 1 rings (SSSR count). The third-order valence-corrected chi connectivity index (χ3v) is 2.56. The van der Waals surface area contributed by atoms with E-state index < -0.39 is 0 Å². The number of rotatable bonds is 4. The van der Waals surface area contributed by atoms with Crippen LogP contribution in [0, 0.1) is 0 Å². The van der Waals surface area contributed by atoms with Gasteiger partial charge < -0.3 is 9.47 Å². The molecule has 0 N–H and O–H groups in total. The number of carbonyl (C=O) groups excluding carboxylic acids is 1. The molecule has 0 atom stereocenters. The summed E-state index contributed by atoms with van der Waals surface area (Å²) < 4.78 is 10.3. The highest BCUT2D eigenvalue weighted by Crippen LogP contribution is 2.20. The molecule has 1 aliphatic rings. The standard InChI is InChI=1S/C13H20O3/c1-11(8-9-15-12(2)14)10-16-13-6-4-3-5-7-13/h8-10,13H,3-7H2,1-2H3. The van der Waals surface area contributed by atoms with E-state index in [4.69, 9.17) is 4.74 Å². The van der Waals surface area contributed by atoms with Gasteiger partial charge in [-0.1, -0.05) is 6.42 Å². The molecule has 0 saturated heterocycles. The monoisotopic (exact) mass is 224 g/mol. The topological polar surface area (TPSA) is 35.5 Å².